The van der Waals surface area contributed by atoms with Gasteiger partial charge in [0.15, 0.2) is 0 Å². The van der Waals surface area contributed by atoms with E-state index in [1.165, 1.54) is 6.20 Å². The number of Topliss-reactive ketones (excluding diaryl/α,β-unsaturated/α-hetero) is 1. The van der Waals surface area contributed by atoms with E-state index in [2.05, 4.69) is 16.1 Å². The normalized spacial score (nSPS) is 15.5. The molecule has 1 fully saturated rings. The topological polar surface area (TPSA) is 144 Å². The highest BCUT2D eigenvalue weighted by Gasteiger charge is 2.48. The summed E-state index contributed by atoms with van der Waals surface area (Å²) in [6, 6.07) is 6.83. The number of benzene rings is 1. The molecule has 182 valence electrons. The molecule has 1 aliphatic carbocycles. The van der Waals surface area contributed by atoms with Crippen LogP contribution in [0.5, 0.6) is 0 Å². The Morgan fingerprint density at radius 1 is 1.21 bits per heavy atom. The molecule has 2 aromatic rings. The second-order valence-corrected chi connectivity index (χ2v) is 8.58. The zero-order chi connectivity index (χ0) is 25.0. The van der Waals surface area contributed by atoms with E-state index in [9.17, 15) is 14.4 Å². The SMILES string of the molecule is CC.Cc1c(C(=O)C(=O)NC2(/C(N)=C/NN)CC2)c2n(c1C(=O)Nc1cccc(Cl)c1)CCC2. The molecule has 0 unspecified atom stereocenters. The first-order valence-corrected chi connectivity index (χ1v) is 11.7. The minimum atomic E-state index is -0.761. The third kappa shape index (κ3) is 4.80. The summed E-state index contributed by atoms with van der Waals surface area (Å²) in [7, 11) is 0. The van der Waals surface area contributed by atoms with Crippen LogP contribution in [0.25, 0.3) is 0 Å². The van der Waals surface area contributed by atoms with Gasteiger partial charge in [0.25, 0.3) is 17.6 Å². The Kier molecular flexibility index (Phi) is 7.68. The van der Waals surface area contributed by atoms with Gasteiger partial charge >= 0.3 is 0 Å². The first-order chi connectivity index (χ1) is 16.3. The molecule has 1 aromatic heterocycles. The molecule has 2 heterocycles. The number of aromatic nitrogens is 1. The van der Waals surface area contributed by atoms with Gasteiger partial charge in [0.2, 0.25) is 0 Å². The van der Waals surface area contributed by atoms with Gasteiger partial charge in [0.05, 0.1) is 16.8 Å². The smallest absolute Gasteiger partial charge is 0.293 e. The number of hydrazine groups is 1. The summed E-state index contributed by atoms with van der Waals surface area (Å²) in [6.07, 6.45) is 4.05. The van der Waals surface area contributed by atoms with E-state index in [0.717, 1.165) is 6.42 Å². The van der Waals surface area contributed by atoms with Crippen LogP contribution in [0.2, 0.25) is 5.02 Å². The number of halogens is 1. The largest absolute Gasteiger partial charge is 0.399 e. The number of hydrogen-bond donors (Lipinski definition) is 5. The Bertz CT molecular complexity index is 1150. The molecule has 0 bridgehead atoms. The Labute approximate surface area is 203 Å². The number of carbonyl (C=O) groups is 3. The van der Waals surface area contributed by atoms with Crippen LogP contribution >= 0.6 is 11.6 Å². The van der Waals surface area contributed by atoms with Crippen molar-refractivity contribution in [2.24, 2.45) is 11.6 Å². The number of fused-ring (bicyclic) bond motifs is 1. The quantitative estimate of drug-likeness (QED) is 0.176. The van der Waals surface area contributed by atoms with Crippen molar-refractivity contribution < 1.29 is 14.4 Å². The zero-order valence-electron chi connectivity index (χ0n) is 19.6. The molecule has 4 rings (SSSR count). The maximum atomic E-state index is 13.2. The molecule has 1 aliphatic heterocycles. The van der Waals surface area contributed by atoms with Crippen molar-refractivity contribution in [3.63, 3.8) is 0 Å². The van der Waals surface area contributed by atoms with Crippen molar-refractivity contribution in [2.75, 3.05) is 5.32 Å². The Morgan fingerprint density at radius 2 is 1.91 bits per heavy atom. The van der Waals surface area contributed by atoms with Gasteiger partial charge in [0, 0.05) is 29.1 Å². The first-order valence-electron chi connectivity index (χ1n) is 11.4. The van der Waals surface area contributed by atoms with E-state index in [0.29, 0.717) is 59.2 Å². The summed E-state index contributed by atoms with van der Waals surface area (Å²) in [6.45, 7) is 6.30. The molecule has 0 radical (unpaired) electrons. The highest BCUT2D eigenvalue weighted by atomic mass is 35.5. The van der Waals surface area contributed by atoms with E-state index in [-0.39, 0.29) is 11.5 Å². The van der Waals surface area contributed by atoms with Crippen LogP contribution in [0.1, 0.15) is 65.2 Å². The summed E-state index contributed by atoms with van der Waals surface area (Å²) in [5.41, 5.74) is 10.3. The number of nitrogens with zero attached hydrogens (tertiary/aromatic N) is 1. The molecule has 1 saturated carbocycles. The van der Waals surface area contributed by atoms with Gasteiger partial charge in [0.1, 0.15) is 5.69 Å². The number of anilines is 1. The molecular weight excluding hydrogens is 456 g/mol. The fraction of sp³-hybridized carbons (Fsp3) is 0.375. The zero-order valence-corrected chi connectivity index (χ0v) is 20.4. The van der Waals surface area contributed by atoms with Gasteiger partial charge in [-0.1, -0.05) is 31.5 Å². The van der Waals surface area contributed by atoms with Crippen LogP contribution in [-0.4, -0.2) is 27.7 Å². The Balaban J connectivity index is 0.00000158. The lowest BCUT2D eigenvalue weighted by Gasteiger charge is -2.17. The molecule has 0 atom stereocenters. The van der Waals surface area contributed by atoms with Crippen LogP contribution in [0.15, 0.2) is 36.2 Å². The molecule has 0 saturated heterocycles. The van der Waals surface area contributed by atoms with Gasteiger partial charge < -0.3 is 26.4 Å². The van der Waals surface area contributed by atoms with E-state index >= 15 is 0 Å². The second-order valence-electron chi connectivity index (χ2n) is 8.15. The predicted octanol–water partition coefficient (Wildman–Crippen LogP) is 2.77. The number of hydrogen-bond acceptors (Lipinski definition) is 6. The average Bonchev–Trinajstić information content (AvgIpc) is 3.35. The molecule has 0 spiro atoms. The van der Waals surface area contributed by atoms with Crippen molar-refractivity contribution in [3.05, 3.63) is 63.7 Å². The van der Waals surface area contributed by atoms with E-state index in [4.69, 9.17) is 23.2 Å². The lowest BCUT2D eigenvalue weighted by Crippen LogP contribution is -2.45. The summed E-state index contributed by atoms with van der Waals surface area (Å²) in [5.74, 6) is 3.50. The first kappa shape index (κ1) is 25.3. The van der Waals surface area contributed by atoms with Crippen LogP contribution < -0.4 is 27.6 Å². The van der Waals surface area contributed by atoms with E-state index < -0.39 is 17.2 Å². The van der Waals surface area contributed by atoms with Gasteiger partial charge in [-0.15, -0.1) is 0 Å². The van der Waals surface area contributed by atoms with Gasteiger partial charge in [-0.25, -0.2) is 0 Å². The molecule has 2 amide bonds. The van der Waals surface area contributed by atoms with Crippen molar-refractivity contribution in [1.29, 1.82) is 0 Å². The maximum Gasteiger partial charge on any atom is 0.293 e. The fourth-order valence-corrected chi connectivity index (χ4v) is 4.49. The third-order valence-electron chi connectivity index (χ3n) is 6.03. The number of nitrogens with one attached hydrogen (secondary N) is 3. The number of nitrogens with two attached hydrogens (primary N) is 2. The third-order valence-corrected chi connectivity index (χ3v) is 6.27. The maximum absolute atomic E-state index is 13.2. The minimum absolute atomic E-state index is 0.284. The fourth-order valence-electron chi connectivity index (χ4n) is 4.30. The standard InChI is InChI=1S/C22H25ClN6O3.C2H6/c1-12-17(19(30)21(32)28-22(7-8-22)16(24)11-26-25)15-6-3-9-29(15)18(12)20(31)27-14-5-2-4-13(23)10-14;1-2/h2,4-5,10-11,26H,3,6-9,24-25H2,1H3,(H,27,31)(H,28,32);1-2H3/b16-11-;. The lowest BCUT2D eigenvalue weighted by molar-refractivity contribution is -0.117. The van der Waals surface area contributed by atoms with E-state index in [1.54, 1.807) is 31.2 Å². The molecule has 7 N–H and O–H groups in total. The summed E-state index contributed by atoms with van der Waals surface area (Å²) < 4.78 is 1.83. The number of rotatable bonds is 7. The average molecular weight is 487 g/mol. The second kappa shape index (κ2) is 10.3. The number of amides is 2. The van der Waals surface area contributed by atoms with Crippen molar-refractivity contribution in [3.8, 4) is 0 Å². The molecule has 9 nitrogen and oxygen atoms in total. The van der Waals surface area contributed by atoms with Crippen LogP contribution in [0, 0.1) is 6.92 Å². The molecular formula is C24H31ClN6O3. The molecule has 10 heteroatoms. The van der Waals surface area contributed by atoms with Crippen LogP contribution in [-0.2, 0) is 17.8 Å². The van der Waals surface area contributed by atoms with Gasteiger partial charge in [-0.05, 0) is 56.4 Å². The summed E-state index contributed by atoms with van der Waals surface area (Å²) in [4.78, 5) is 39.1. The Hall–Kier alpha value is -3.30. The van der Waals surface area contributed by atoms with Gasteiger partial charge in [-0.3, -0.25) is 20.2 Å². The van der Waals surface area contributed by atoms with Crippen LogP contribution in [0.3, 0.4) is 0 Å². The number of ketones is 1. The summed E-state index contributed by atoms with van der Waals surface area (Å²) >= 11 is 6.01. The summed E-state index contributed by atoms with van der Waals surface area (Å²) in [5, 5.41) is 6.08. The van der Waals surface area contributed by atoms with Crippen LogP contribution in [0.4, 0.5) is 5.69 Å². The predicted molar refractivity (Wildman–Crippen MR) is 132 cm³/mol. The van der Waals surface area contributed by atoms with Gasteiger partial charge in [-0.2, -0.15) is 0 Å². The minimum Gasteiger partial charge on any atom is -0.399 e. The highest BCUT2D eigenvalue weighted by molar-refractivity contribution is 6.44. The van der Waals surface area contributed by atoms with Crippen molar-refractivity contribution in [1.82, 2.24) is 15.3 Å². The Morgan fingerprint density at radius 3 is 2.53 bits per heavy atom. The highest BCUT2D eigenvalue weighted by Crippen LogP contribution is 2.40. The van der Waals surface area contributed by atoms with Crippen molar-refractivity contribution >= 4 is 34.9 Å². The molecule has 2 aliphatic rings. The lowest BCUT2D eigenvalue weighted by atomic mass is 10.0. The monoisotopic (exact) mass is 486 g/mol. The van der Waals surface area contributed by atoms with Crippen molar-refractivity contribution in [2.45, 2.75) is 58.5 Å². The van der Waals surface area contributed by atoms with E-state index in [1.807, 2.05) is 18.4 Å². The number of carbonyl (C=O) groups excluding carboxylic acids is 3. The molecule has 34 heavy (non-hydrogen) atoms. The molecule has 1 aromatic carbocycles.